The second kappa shape index (κ2) is 5.64. The SMILES string of the molecule is CN(C(=O)c1cc(N)ccc1Cl)c1ccc(C#N)cc1. The Morgan fingerprint density at radius 2 is 1.90 bits per heavy atom. The molecule has 0 saturated carbocycles. The van der Waals surface area contributed by atoms with Crippen LogP contribution in [-0.2, 0) is 0 Å². The molecule has 0 aliphatic rings. The zero-order valence-corrected chi connectivity index (χ0v) is 11.6. The molecule has 0 radical (unpaired) electrons. The number of rotatable bonds is 2. The summed E-state index contributed by atoms with van der Waals surface area (Å²) < 4.78 is 0. The highest BCUT2D eigenvalue weighted by molar-refractivity contribution is 6.34. The number of hydrogen-bond acceptors (Lipinski definition) is 3. The monoisotopic (exact) mass is 285 g/mol. The summed E-state index contributed by atoms with van der Waals surface area (Å²) in [6.07, 6.45) is 0. The number of carbonyl (C=O) groups excluding carboxylic acids is 1. The quantitative estimate of drug-likeness (QED) is 0.862. The highest BCUT2D eigenvalue weighted by Gasteiger charge is 2.16. The number of amides is 1. The molecule has 0 saturated heterocycles. The molecule has 0 fully saturated rings. The van der Waals surface area contributed by atoms with Crippen molar-refractivity contribution in [3.05, 3.63) is 58.6 Å². The van der Waals surface area contributed by atoms with E-state index < -0.39 is 0 Å². The molecule has 1 amide bonds. The molecule has 2 aromatic rings. The van der Waals surface area contributed by atoms with Gasteiger partial charge in [0, 0.05) is 18.4 Å². The number of carbonyl (C=O) groups is 1. The molecular weight excluding hydrogens is 274 g/mol. The summed E-state index contributed by atoms with van der Waals surface area (Å²) in [7, 11) is 1.64. The van der Waals surface area contributed by atoms with E-state index in [0.29, 0.717) is 27.5 Å². The number of nitriles is 1. The molecule has 0 atom stereocenters. The van der Waals surface area contributed by atoms with Crippen molar-refractivity contribution in [1.29, 1.82) is 5.26 Å². The van der Waals surface area contributed by atoms with Crippen LogP contribution in [0.5, 0.6) is 0 Å². The summed E-state index contributed by atoms with van der Waals surface area (Å²) in [5, 5.41) is 9.11. The first kappa shape index (κ1) is 13.9. The van der Waals surface area contributed by atoms with Crippen LogP contribution in [0.25, 0.3) is 0 Å². The fourth-order valence-electron chi connectivity index (χ4n) is 1.76. The number of nitrogens with zero attached hydrogens (tertiary/aromatic N) is 2. The van der Waals surface area contributed by atoms with Gasteiger partial charge in [0.15, 0.2) is 0 Å². The molecule has 2 aromatic carbocycles. The van der Waals surface area contributed by atoms with Gasteiger partial charge < -0.3 is 10.6 Å². The van der Waals surface area contributed by atoms with Crippen molar-refractivity contribution < 1.29 is 4.79 Å². The van der Waals surface area contributed by atoms with Crippen LogP contribution in [0.4, 0.5) is 11.4 Å². The first-order chi connectivity index (χ1) is 9.52. The summed E-state index contributed by atoms with van der Waals surface area (Å²) in [5.41, 5.74) is 7.71. The molecule has 0 aliphatic heterocycles. The number of halogens is 1. The lowest BCUT2D eigenvalue weighted by Gasteiger charge is -2.18. The minimum atomic E-state index is -0.257. The Morgan fingerprint density at radius 1 is 1.25 bits per heavy atom. The Bertz CT molecular complexity index is 689. The minimum absolute atomic E-state index is 0.257. The van der Waals surface area contributed by atoms with Gasteiger partial charge in [-0.15, -0.1) is 0 Å². The third kappa shape index (κ3) is 2.73. The Kier molecular flexibility index (Phi) is 3.92. The molecular formula is C15H12ClN3O. The van der Waals surface area contributed by atoms with Gasteiger partial charge in [-0.25, -0.2) is 0 Å². The molecule has 5 heteroatoms. The van der Waals surface area contributed by atoms with Gasteiger partial charge in [0.1, 0.15) is 0 Å². The molecule has 0 aliphatic carbocycles. The first-order valence-corrected chi connectivity index (χ1v) is 6.24. The summed E-state index contributed by atoms with van der Waals surface area (Å²) in [4.78, 5) is 13.9. The third-order valence-corrected chi connectivity index (χ3v) is 3.24. The van der Waals surface area contributed by atoms with Gasteiger partial charge in [0.25, 0.3) is 5.91 Å². The number of nitrogens with two attached hydrogens (primary N) is 1. The number of anilines is 2. The molecule has 0 unspecified atom stereocenters. The normalized spacial score (nSPS) is 9.85. The van der Waals surface area contributed by atoms with Crippen molar-refractivity contribution in [2.24, 2.45) is 0 Å². The van der Waals surface area contributed by atoms with Gasteiger partial charge in [-0.2, -0.15) is 5.26 Å². The van der Waals surface area contributed by atoms with Gasteiger partial charge in [-0.05, 0) is 42.5 Å². The lowest BCUT2D eigenvalue weighted by atomic mass is 10.1. The van der Waals surface area contributed by atoms with E-state index >= 15 is 0 Å². The molecule has 4 nitrogen and oxygen atoms in total. The number of nitrogen functional groups attached to an aromatic ring is 1. The lowest BCUT2D eigenvalue weighted by molar-refractivity contribution is 0.0993. The van der Waals surface area contributed by atoms with Gasteiger partial charge in [-0.3, -0.25) is 4.79 Å². The van der Waals surface area contributed by atoms with Crippen LogP contribution in [0.1, 0.15) is 15.9 Å². The summed E-state index contributed by atoms with van der Waals surface area (Å²) in [6.45, 7) is 0. The van der Waals surface area contributed by atoms with Gasteiger partial charge in [0.05, 0.1) is 22.2 Å². The highest BCUT2D eigenvalue weighted by atomic mass is 35.5. The average molecular weight is 286 g/mol. The molecule has 2 rings (SSSR count). The zero-order valence-electron chi connectivity index (χ0n) is 10.8. The average Bonchev–Trinajstić information content (AvgIpc) is 2.48. The van der Waals surface area contributed by atoms with E-state index in [4.69, 9.17) is 22.6 Å². The van der Waals surface area contributed by atoms with Crippen molar-refractivity contribution in [3.63, 3.8) is 0 Å². The van der Waals surface area contributed by atoms with Crippen LogP contribution in [0.2, 0.25) is 5.02 Å². The fourth-order valence-corrected chi connectivity index (χ4v) is 1.96. The summed E-state index contributed by atoms with van der Waals surface area (Å²) >= 11 is 6.02. The second-order valence-corrected chi connectivity index (χ2v) is 4.67. The molecule has 20 heavy (non-hydrogen) atoms. The van der Waals surface area contributed by atoms with Gasteiger partial charge in [-0.1, -0.05) is 11.6 Å². The standard InChI is InChI=1S/C15H12ClN3O/c1-19(12-5-2-10(9-17)3-6-12)15(20)13-8-11(18)4-7-14(13)16/h2-8H,18H2,1H3. The number of benzene rings is 2. The number of hydrogen-bond donors (Lipinski definition) is 1. The van der Waals surface area contributed by atoms with Crippen molar-refractivity contribution in [3.8, 4) is 6.07 Å². The van der Waals surface area contributed by atoms with E-state index in [1.807, 2.05) is 6.07 Å². The van der Waals surface area contributed by atoms with E-state index in [-0.39, 0.29) is 5.91 Å². The van der Waals surface area contributed by atoms with Crippen LogP contribution in [0.3, 0.4) is 0 Å². The van der Waals surface area contributed by atoms with Crippen LogP contribution >= 0.6 is 11.6 Å². The molecule has 0 spiro atoms. The van der Waals surface area contributed by atoms with Crippen LogP contribution in [0, 0.1) is 11.3 Å². The van der Waals surface area contributed by atoms with E-state index in [0.717, 1.165) is 0 Å². The van der Waals surface area contributed by atoms with Gasteiger partial charge >= 0.3 is 0 Å². The Hall–Kier alpha value is -2.51. The maximum absolute atomic E-state index is 12.4. The van der Waals surface area contributed by atoms with E-state index in [1.165, 1.54) is 4.90 Å². The first-order valence-electron chi connectivity index (χ1n) is 5.86. The molecule has 0 bridgehead atoms. The van der Waals surface area contributed by atoms with Crippen molar-refractivity contribution in [2.75, 3.05) is 17.7 Å². The minimum Gasteiger partial charge on any atom is -0.399 e. The van der Waals surface area contributed by atoms with Crippen LogP contribution in [-0.4, -0.2) is 13.0 Å². The Balaban J connectivity index is 2.32. The van der Waals surface area contributed by atoms with Gasteiger partial charge in [0.2, 0.25) is 0 Å². The van der Waals surface area contributed by atoms with E-state index in [9.17, 15) is 4.79 Å². The largest absolute Gasteiger partial charge is 0.399 e. The Labute approximate surface area is 122 Å². The molecule has 0 aromatic heterocycles. The molecule has 0 heterocycles. The van der Waals surface area contributed by atoms with Crippen LogP contribution in [0.15, 0.2) is 42.5 Å². The summed E-state index contributed by atoms with van der Waals surface area (Å²) in [5.74, 6) is -0.257. The topological polar surface area (TPSA) is 70.1 Å². The van der Waals surface area contributed by atoms with E-state index in [1.54, 1.807) is 49.5 Å². The van der Waals surface area contributed by atoms with Crippen molar-refractivity contribution >= 4 is 28.9 Å². The second-order valence-electron chi connectivity index (χ2n) is 4.26. The summed E-state index contributed by atoms with van der Waals surface area (Å²) in [6, 6.07) is 13.5. The highest BCUT2D eigenvalue weighted by Crippen LogP contribution is 2.23. The molecule has 100 valence electrons. The predicted molar refractivity (Wildman–Crippen MR) is 79.8 cm³/mol. The van der Waals surface area contributed by atoms with Crippen molar-refractivity contribution in [1.82, 2.24) is 0 Å². The smallest absolute Gasteiger partial charge is 0.259 e. The Morgan fingerprint density at radius 3 is 2.50 bits per heavy atom. The maximum atomic E-state index is 12.4. The predicted octanol–water partition coefficient (Wildman–Crippen LogP) is 3.07. The van der Waals surface area contributed by atoms with Crippen LogP contribution < -0.4 is 10.6 Å². The maximum Gasteiger partial charge on any atom is 0.259 e. The fraction of sp³-hybridized carbons (Fsp3) is 0.0667. The van der Waals surface area contributed by atoms with Crippen molar-refractivity contribution in [2.45, 2.75) is 0 Å². The lowest BCUT2D eigenvalue weighted by Crippen LogP contribution is -2.26. The third-order valence-electron chi connectivity index (χ3n) is 2.91. The molecule has 2 N–H and O–H groups in total. The van der Waals surface area contributed by atoms with E-state index in [2.05, 4.69) is 0 Å². The zero-order chi connectivity index (χ0) is 14.7.